The summed E-state index contributed by atoms with van der Waals surface area (Å²) in [5.41, 5.74) is 2.15. The van der Waals surface area contributed by atoms with Crippen molar-refractivity contribution in [3.8, 4) is 5.75 Å². The minimum atomic E-state index is -0.113. The van der Waals surface area contributed by atoms with E-state index >= 15 is 0 Å². The van der Waals surface area contributed by atoms with Crippen molar-refractivity contribution in [1.82, 2.24) is 10.6 Å². The number of benzene rings is 1. The molecular formula is C20H30N2O3. The summed E-state index contributed by atoms with van der Waals surface area (Å²) in [6.45, 7) is 7.26. The Morgan fingerprint density at radius 1 is 1.32 bits per heavy atom. The van der Waals surface area contributed by atoms with Gasteiger partial charge in [-0.1, -0.05) is 12.1 Å². The predicted molar refractivity (Wildman–Crippen MR) is 97.8 cm³/mol. The quantitative estimate of drug-likeness (QED) is 0.828. The molecule has 1 aliphatic carbocycles. The van der Waals surface area contributed by atoms with Crippen LogP contribution in [-0.4, -0.2) is 30.9 Å². The highest BCUT2D eigenvalue weighted by Crippen LogP contribution is 2.38. The molecule has 1 heterocycles. The molecule has 0 aromatic heterocycles. The molecule has 0 radical (unpaired) electrons. The zero-order valence-electron chi connectivity index (χ0n) is 15.5. The average molecular weight is 346 g/mol. The lowest BCUT2D eigenvalue weighted by Gasteiger charge is -2.30. The molecule has 1 saturated heterocycles. The van der Waals surface area contributed by atoms with Crippen LogP contribution in [0.5, 0.6) is 5.75 Å². The second-order valence-electron chi connectivity index (χ2n) is 7.57. The lowest BCUT2D eigenvalue weighted by molar-refractivity contribution is -0.00914. The summed E-state index contributed by atoms with van der Waals surface area (Å²) in [6, 6.07) is 6.18. The first-order chi connectivity index (χ1) is 12.0. The Hall–Kier alpha value is -1.75. The van der Waals surface area contributed by atoms with Crippen LogP contribution >= 0.6 is 0 Å². The summed E-state index contributed by atoms with van der Waals surface area (Å²) in [5.74, 6) is 1.56. The fourth-order valence-electron chi connectivity index (χ4n) is 3.34. The standard InChI is InChI=1S/C20H30N2O3/c1-13(2)25-19-10-14(3)4-5-16(19)12-21-20(23)22-17-8-9-24-18(11-17)15-6-7-15/h4-5,10,13,15,17-18H,6-9,11-12H2,1-3H3,(H2,21,22,23)/t17-,18+/m0/s1. The Labute approximate surface area is 150 Å². The summed E-state index contributed by atoms with van der Waals surface area (Å²) in [6.07, 6.45) is 4.82. The van der Waals surface area contributed by atoms with Crippen molar-refractivity contribution in [2.75, 3.05) is 6.61 Å². The van der Waals surface area contributed by atoms with Gasteiger partial charge in [0.25, 0.3) is 0 Å². The van der Waals surface area contributed by atoms with Gasteiger partial charge in [0.2, 0.25) is 0 Å². The highest BCUT2D eigenvalue weighted by Gasteiger charge is 2.36. The molecule has 1 saturated carbocycles. The van der Waals surface area contributed by atoms with Gasteiger partial charge in [-0.3, -0.25) is 0 Å². The van der Waals surface area contributed by atoms with E-state index < -0.39 is 0 Å². The molecule has 2 amide bonds. The van der Waals surface area contributed by atoms with E-state index in [9.17, 15) is 4.79 Å². The smallest absolute Gasteiger partial charge is 0.315 e. The molecule has 1 aromatic rings. The molecule has 1 aliphatic heterocycles. The summed E-state index contributed by atoms with van der Waals surface area (Å²) in [7, 11) is 0. The van der Waals surface area contributed by atoms with Crippen LogP contribution in [0.15, 0.2) is 18.2 Å². The van der Waals surface area contributed by atoms with Gasteiger partial charge in [0.1, 0.15) is 5.75 Å². The lowest BCUT2D eigenvalue weighted by atomic mass is 10.0. The minimum Gasteiger partial charge on any atom is -0.491 e. The number of nitrogens with one attached hydrogen (secondary N) is 2. The van der Waals surface area contributed by atoms with Gasteiger partial charge >= 0.3 is 6.03 Å². The highest BCUT2D eigenvalue weighted by atomic mass is 16.5. The molecule has 2 aliphatic rings. The largest absolute Gasteiger partial charge is 0.491 e. The third kappa shape index (κ3) is 5.36. The molecule has 0 unspecified atom stereocenters. The molecule has 1 aromatic carbocycles. The van der Waals surface area contributed by atoms with Gasteiger partial charge in [-0.05, 0) is 64.0 Å². The SMILES string of the molecule is Cc1ccc(CNC(=O)N[C@H]2CCO[C@@H](C3CC3)C2)c(OC(C)C)c1. The number of carbonyl (C=O) groups is 1. The molecule has 5 nitrogen and oxygen atoms in total. The molecule has 5 heteroatoms. The van der Waals surface area contributed by atoms with Gasteiger partial charge in [-0.25, -0.2) is 4.79 Å². The lowest BCUT2D eigenvalue weighted by Crippen LogP contribution is -2.46. The number of amides is 2. The Bertz CT molecular complexity index is 599. The van der Waals surface area contributed by atoms with E-state index in [0.29, 0.717) is 12.6 Å². The number of ether oxygens (including phenoxy) is 2. The topological polar surface area (TPSA) is 59.6 Å². The number of carbonyl (C=O) groups excluding carboxylic acids is 1. The van der Waals surface area contributed by atoms with Gasteiger partial charge in [-0.2, -0.15) is 0 Å². The fourth-order valence-corrected chi connectivity index (χ4v) is 3.34. The first kappa shape index (κ1) is 18.1. The van der Waals surface area contributed by atoms with Crippen LogP contribution in [-0.2, 0) is 11.3 Å². The summed E-state index contributed by atoms with van der Waals surface area (Å²) >= 11 is 0. The Morgan fingerprint density at radius 2 is 2.12 bits per heavy atom. The van der Waals surface area contributed by atoms with E-state index in [1.807, 2.05) is 39.0 Å². The zero-order valence-corrected chi connectivity index (χ0v) is 15.5. The number of urea groups is 1. The maximum atomic E-state index is 12.3. The van der Waals surface area contributed by atoms with E-state index in [-0.39, 0.29) is 18.2 Å². The van der Waals surface area contributed by atoms with E-state index in [0.717, 1.165) is 42.2 Å². The van der Waals surface area contributed by atoms with E-state index in [1.165, 1.54) is 12.8 Å². The monoisotopic (exact) mass is 346 g/mol. The van der Waals surface area contributed by atoms with Crippen LogP contribution in [0.3, 0.4) is 0 Å². The Kier molecular flexibility index (Phi) is 5.84. The van der Waals surface area contributed by atoms with Crippen LogP contribution in [0.2, 0.25) is 0 Å². The van der Waals surface area contributed by atoms with E-state index in [2.05, 4.69) is 10.6 Å². The van der Waals surface area contributed by atoms with Gasteiger partial charge in [0, 0.05) is 24.8 Å². The summed E-state index contributed by atoms with van der Waals surface area (Å²) < 4.78 is 11.7. The fraction of sp³-hybridized carbons (Fsp3) is 0.650. The van der Waals surface area contributed by atoms with Crippen molar-refractivity contribution in [3.05, 3.63) is 29.3 Å². The highest BCUT2D eigenvalue weighted by molar-refractivity contribution is 5.74. The van der Waals surface area contributed by atoms with Crippen LogP contribution in [0.4, 0.5) is 4.79 Å². The van der Waals surface area contributed by atoms with Crippen molar-refractivity contribution >= 4 is 6.03 Å². The zero-order chi connectivity index (χ0) is 17.8. The molecule has 2 N–H and O–H groups in total. The Balaban J connectivity index is 1.50. The molecule has 2 fully saturated rings. The van der Waals surface area contributed by atoms with Gasteiger partial charge in [0.05, 0.1) is 12.2 Å². The first-order valence-electron chi connectivity index (χ1n) is 9.43. The summed E-state index contributed by atoms with van der Waals surface area (Å²) in [4.78, 5) is 12.3. The third-order valence-electron chi connectivity index (χ3n) is 4.82. The number of hydrogen-bond acceptors (Lipinski definition) is 3. The van der Waals surface area contributed by atoms with Crippen molar-refractivity contribution in [2.24, 2.45) is 5.92 Å². The number of aryl methyl sites for hydroxylation is 1. The van der Waals surface area contributed by atoms with Crippen molar-refractivity contribution in [3.63, 3.8) is 0 Å². The van der Waals surface area contributed by atoms with Gasteiger partial charge in [-0.15, -0.1) is 0 Å². The molecular weight excluding hydrogens is 316 g/mol. The number of hydrogen-bond donors (Lipinski definition) is 2. The molecule has 0 bridgehead atoms. The molecule has 2 atom stereocenters. The molecule has 25 heavy (non-hydrogen) atoms. The molecule has 138 valence electrons. The second-order valence-corrected chi connectivity index (χ2v) is 7.57. The minimum absolute atomic E-state index is 0.107. The number of rotatable bonds is 6. The van der Waals surface area contributed by atoms with E-state index in [4.69, 9.17) is 9.47 Å². The molecule has 3 rings (SSSR count). The maximum Gasteiger partial charge on any atom is 0.315 e. The first-order valence-corrected chi connectivity index (χ1v) is 9.43. The third-order valence-corrected chi connectivity index (χ3v) is 4.82. The van der Waals surface area contributed by atoms with Crippen LogP contribution in [0, 0.1) is 12.8 Å². The average Bonchev–Trinajstić information content (AvgIpc) is 3.39. The van der Waals surface area contributed by atoms with Crippen LogP contribution in [0.1, 0.15) is 50.7 Å². The Morgan fingerprint density at radius 3 is 2.84 bits per heavy atom. The van der Waals surface area contributed by atoms with Crippen LogP contribution in [0.25, 0.3) is 0 Å². The van der Waals surface area contributed by atoms with Crippen molar-refractivity contribution in [1.29, 1.82) is 0 Å². The second kappa shape index (κ2) is 8.09. The van der Waals surface area contributed by atoms with E-state index in [1.54, 1.807) is 0 Å². The maximum absolute atomic E-state index is 12.3. The van der Waals surface area contributed by atoms with Crippen molar-refractivity contribution in [2.45, 2.75) is 71.2 Å². The van der Waals surface area contributed by atoms with Gasteiger partial charge in [0.15, 0.2) is 0 Å². The summed E-state index contributed by atoms with van der Waals surface area (Å²) in [5, 5.41) is 6.07. The van der Waals surface area contributed by atoms with Crippen molar-refractivity contribution < 1.29 is 14.3 Å². The predicted octanol–water partition coefficient (Wildman–Crippen LogP) is 3.54. The van der Waals surface area contributed by atoms with Crippen LogP contribution < -0.4 is 15.4 Å². The normalized spacial score (nSPS) is 23.4. The molecule has 0 spiro atoms. The van der Waals surface area contributed by atoms with Gasteiger partial charge < -0.3 is 20.1 Å².